The molecule has 548 valence electrons. The van der Waals surface area contributed by atoms with E-state index in [1.54, 1.807) is 31.5 Å². The Kier molecular flexibility index (Phi) is 25.9. The highest BCUT2D eigenvalue weighted by molar-refractivity contribution is 7.98. The van der Waals surface area contributed by atoms with Gasteiger partial charge in [-0.1, -0.05) is 24.3 Å². The molecule has 0 radical (unpaired) electrons. The molecule has 2 bridgehead atoms. The molecule has 7 aromatic rings. The summed E-state index contributed by atoms with van der Waals surface area (Å²) >= 11 is 2.81. The first-order chi connectivity index (χ1) is 49.5. The van der Waals surface area contributed by atoms with Gasteiger partial charge in [-0.05, 0) is 128 Å². The average molecular weight is 1460 g/mol. The quantitative estimate of drug-likeness (QED) is 0.0643. The number of carbonyl (C=O) groups excluding carboxylic acids is 10. The molecule has 29 nitrogen and oxygen atoms in total. The van der Waals surface area contributed by atoms with Crippen LogP contribution in [0.5, 0.6) is 0 Å². The van der Waals surface area contributed by atoms with Gasteiger partial charge in [0, 0.05) is 126 Å². The molecule has 0 spiro atoms. The smallest absolute Gasteiger partial charge is 0.305 e. The first-order valence-electron chi connectivity index (χ1n) is 34.0. The van der Waals surface area contributed by atoms with Crippen LogP contribution in [0.4, 0.5) is 8.78 Å². The zero-order valence-electron chi connectivity index (χ0n) is 56.6. The second kappa shape index (κ2) is 35.3. The van der Waals surface area contributed by atoms with Crippen LogP contribution in [0.1, 0.15) is 86.1 Å². The van der Waals surface area contributed by atoms with Crippen molar-refractivity contribution in [3.8, 4) is 0 Å². The minimum atomic E-state index is -2.01. The Labute approximate surface area is 599 Å². The molecule has 4 aromatic heterocycles. The Balaban J connectivity index is 0.987. The van der Waals surface area contributed by atoms with E-state index in [0.717, 1.165) is 11.1 Å². The van der Waals surface area contributed by atoms with E-state index in [9.17, 15) is 43.1 Å². The number of thioether (sulfide) groups is 2. The van der Waals surface area contributed by atoms with E-state index < -0.39 is 150 Å². The lowest BCUT2D eigenvalue weighted by Crippen LogP contribution is -2.63. The summed E-state index contributed by atoms with van der Waals surface area (Å²) in [5.74, 6) is -10.2. The van der Waals surface area contributed by atoms with Crippen LogP contribution >= 0.6 is 23.5 Å². The topological polar surface area (TPSA) is 444 Å². The van der Waals surface area contributed by atoms with Gasteiger partial charge in [0.05, 0.1) is 13.0 Å². The number of nitrogens with one attached hydrogen (secondary N) is 13. The monoisotopic (exact) mass is 1460 g/mol. The summed E-state index contributed by atoms with van der Waals surface area (Å²) in [4.78, 5) is 173. The lowest BCUT2D eigenvalue weighted by atomic mass is 9.95. The summed E-state index contributed by atoms with van der Waals surface area (Å²) in [5.41, 5.74) is 14.4. The van der Waals surface area contributed by atoms with Gasteiger partial charge in [-0.3, -0.25) is 52.7 Å². The number of amides is 10. The third-order valence-electron chi connectivity index (χ3n) is 18.6. The average Bonchev–Trinajstić information content (AvgIpc) is 1.69. The van der Waals surface area contributed by atoms with Crippen LogP contribution in [0.2, 0.25) is 0 Å². The van der Waals surface area contributed by atoms with Crippen LogP contribution in [0, 0.1) is 11.6 Å². The number of nitrogens with zero attached hydrogens (tertiary/aromatic N) is 2. The molecule has 3 aliphatic rings. The van der Waals surface area contributed by atoms with Crippen molar-refractivity contribution in [3.05, 3.63) is 137 Å². The van der Waals surface area contributed by atoms with Crippen LogP contribution in [0.3, 0.4) is 0 Å². The van der Waals surface area contributed by atoms with Gasteiger partial charge >= 0.3 is 5.97 Å². The fourth-order valence-corrected chi connectivity index (χ4v) is 15.0. The molecule has 3 aliphatic heterocycles. The number of aliphatic carboxylic acids is 1. The summed E-state index contributed by atoms with van der Waals surface area (Å²) in [7, 11) is 0. The molecule has 10 rings (SSSR count). The third-order valence-corrected chi connectivity index (χ3v) is 20.7. The normalized spacial score (nSPS) is 24.1. The highest BCUT2D eigenvalue weighted by atomic mass is 32.2. The molecular formula is C70H85F2N17O12S2. The number of H-pyrrole nitrogens is 3. The summed E-state index contributed by atoms with van der Waals surface area (Å²) in [6.45, 7) is 1.76. The van der Waals surface area contributed by atoms with E-state index in [4.69, 9.17) is 11.5 Å². The number of fused-ring (bicyclic) bond motifs is 6. The van der Waals surface area contributed by atoms with Crippen molar-refractivity contribution in [2.24, 2.45) is 11.5 Å². The third kappa shape index (κ3) is 20.0. The van der Waals surface area contributed by atoms with E-state index in [2.05, 4.69) is 73.1 Å². The Morgan fingerprint density at radius 1 is 0.660 bits per heavy atom. The van der Waals surface area contributed by atoms with Crippen LogP contribution in [0.15, 0.2) is 97.6 Å². The summed E-state index contributed by atoms with van der Waals surface area (Å²) in [5, 5.41) is 39.3. The minimum absolute atomic E-state index is 0.0155. The van der Waals surface area contributed by atoms with Crippen LogP contribution in [-0.2, 0) is 83.5 Å². The van der Waals surface area contributed by atoms with Gasteiger partial charge in [-0.15, -0.1) is 0 Å². The van der Waals surface area contributed by atoms with Gasteiger partial charge < -0.3 is 89.6 Å². The number of unbranched alkanes of at least 4 members (excludes halogenated alkanes) is 1. The Bertz CT molecular complexity index is 4280. The van der Waals surface area contributed by atoms with Gasteiger partial charge in [0.2, 0.25) is 59.1 Å². The predicted molar refractivity (Wildman–Crippen MR) is 382 cm³/mol. The van der Waals surface area contributed by atoms with E-state index in [1.807, 2.05) is 24.3 Å². The highest BCUT2D eigenvalue weighted by Gasteiger charge is 2.49. The number of aromatic nitrogens is 4. The van der Waals surface area contributed by atoms with Crippen molar-refractivity contribution in [1.82, 2.24) is 78.0 Å². The second-order valence-electron chi connectivity index (χ2n) is 26.1. The second-order valence-corrected chi connectivity index (χ2v) is 28.3. The molecule has 0 aliphatic carbocycles. The number of pyridine rings is 1. The van der Waals surface area contributed by atoms with Gasteiger partial charge in [0.15, 0.2) is 0 Å². The number of benzene rings is 3. The molecule has 2 fully saturated rings. The Morgan fingerprint density at radius 2 is 1.26 bits per heavy atom. The van der Waals surface area contributed by atoms with Crippen molar-refractivity contribution in [2.75, 3.05) is 44.4 Å². The van der Waals surface area contributed by atoms with Crippen molar-refractivity contribution >= 4 is 121 Å². The molecule has 103 heavy (non-hydrogen) atoms. The van der Waals surface area contributed by atoms with Gasteiger partial charge in [0.1, 0.15) is 65.1 Å². The number of hydrogen-bond donors (Lipinski definition) is 16. The van der Waals surface area contributed by atoms with E-state index in [-0.39, 0.29) is 61.8 Å². The molecule has 7 heterocycles. The molecular weight excluding hydrogens is 1370 g/mol. The zero-order chi connectivity index (χ0) is 73.3. The van der Waals surface area contributed by atoms with Crippen molar-refractivity contribution in [2.45, 2.75) is 143 Å². The number of carboxylic acid groups (broad SMARTS) is 1. The number of halogens is 2. The SMILES string of the molecule is C[C@@]12CCCN1C(=O)[C@H](Cc1c[nH]c3ncccc13)NC(=O)[C@H](CC1CNCN1)NC(=O)[C@H](CC(=O)O)NC(=O)[C@H](Cc1c[nH]c3ccc(F)cc13)NC(=O)[C@H](Cc1c[nH]c3ccc(F)cc13)NC(=O)CNC(=O)[C@H](CCCCN)NC(=O)CCSCc1cccc(c1)CSC[C@@H](C(N)=O)NC2=O. The van der Waals surface area contributed by atoms with E-state index in [0.29, 0.717) is 94.9 Å². The maximum absolute atomic E-state index is 15.4. The number of carboxylic acids is 1. The lowest BCUT2D eigenvalue weighted by Gasteiger charge is -2.37. The van der Waals surface area contributed by atoms with Crippen molar-refractivity contribution in [1.29, 1.82) is 0 Å². The molecule has 3 aromatic carbocycles. The number of nitrogens with two attached hydrogens (primary N) is 2. The van der Waals surface area contributed by atoms with Gasteiger partial charge in [-0.2, -0.15) is 23.5 Å². The first kappa shape index (κ1) is 75.7. The Hall–Kier alpha value is -9.96. The summed E-state index contributed by atoms with van der Waals surface area (Å²) < 4.78 is 29.9. The number of rotatable bonds is 15. The van der Waals surface area contributed by atoms with E-state index >= 15 is 23.6 Å². The minimum Gasteiger partial charge on any atom is -0.481 e. The number of primary amides is 1. The zero-order valence-corrected chi connectivity index (χ0v) is 58.2. The molecule has 10 amide bonds. The van der Waals surface area contributed by atoms with Crippen LogP contribution in [-0.4, -0.2) is 193 Å². The van der Waals surface area contributed by atoms with Crippen LogP contribution in [0.25, 0.3) is 32.8 Å². The summed E-state index contributed by atoms with van der Waals surface area (Å²) in [6, 6.07) is 7.57. The molecule has 9 atom stereocenters. The molecule has 1 unspecified atom stereocenters. The predicted octanol–water partition coefficient (Wildman–Crippen LogP) is 1.29. The van der Waals surface area contributed by atoms with E-state index in [1.165, 1.54) is 77.2 Å². The molecule has 2 saturated heterocycles. The highest BCUT2D eigenvalue weighted by Crippen LogP contribution is 2.32. The van der Waals surface area contributed by atoms with Crippen molar-refractivity contribution < 1.29 is 66.6 Å². The number of aromatic amines is 3. The van der Waals surface area contributed by atoms with Gasteiger partial charge in [0.25, 0.3) is 0 Å². The van der Waals surface area contributed by atoms with Crippen LogP contribution < -0.4 is 64.6 Å². The molecule has 0 saturated carbocycles. The first-order valence-corrected chi connectivity index (χ1v) is 36.3. The lowest BCUT2D eigenvalue weighted by molar-refractivity contribution is -0.147. The number of carbonyl (C=O) groups is 11. The number of hydrogen-bond acceptors (Lipinski definition) is 17. The standard InChI is InChI=1S/C70H85F2N17O12S2/c1-70-16-6-19-89(70)68(100)56(24-40-31-79-62-46(40)9-5-18-76-62)87-66(98)54(27-45-32-75-37-81-45)85-67(99)55(28-60(92)93)86-65(97)53(23-42-30-78-50-14-12-44(72)26-48(42)50)84-64(96)52(22-41-29-77-49-13-11-43(71)25-47(41)49)83-59(91)33-80-63(95)51(10-2-3-17-73)82-58(90)15-20-102-34-38-7-4-8-39(21-38)35-103-36-57(61(74)94)88-69(70)101/h4-5,7-9,11-14,18,21,25-26,29-31,45,51-57,75,77-78,81H,2-3,6,10,15-17,19-20,22-24,27-28,32-37,73H2,1H3,(H2,74,94)(H,76,79)(H,80,95)(H,82,90)(H,83,91)(H,84,96)(H,85,99)(H,86,97)(H,87,98)(H,88,101)(H,92,93)/t45?,51-,52-,53-,54-,55-,56-,57-,70-/m0/s1. The Morgan fingerprint density at radius 3 is 1.92 bits per heavy atom. The fraction of sp³-hybridized carbons (Fsp3) is 0.429. The fourth-order valence-electron chi connectivity index (χ4n) is 13.1. The molecule has 18 N–H and O–H groups in total. The maximum Gasteiger partial charge on any atom is 0.305 e. The maximum atomic E-state index is 15.4. The van der Waals surface area contributed by atoms with Crippen molar-refractivity contribution in [3.63, 3.8) is 0 Å². The largest absolute Gasteiger partial charge is 0.481 e. The molecule has 33 heteroatoms. The van der Waals surface area contributed by atoms with Gasteiger partial charge in [-0.25, -0.2) is 13.8 Å². The summed E-state index contributed by atoms with van der Waals surface area (Å²) in [6.07, 6.45) is 5.45.